The number of para-hydroxylation sites is 1. The Balaban J connectivity index is 1.72. The molecule has 9 nitrogen and oxygen atoms in total. The van der Waals surface area contributed by atoms with Crippen molar-refractivity contribution in [2.45, 2.75) is 44.6 Å². The van der Waals surface area contributed by atoms with Crippen molar-refractivity contribution in [3.63, 3.8) is 0 Å². The Morgan fingerprint density at radius 2 is 1.79 bits per heavy atom. The van der Waals surface area contributed by atoms with Gasteiger partial charge in [-0.05, 0) is 74.6 Å². The van der Waals surface area contributed by atoms with Gasteiger partial charge < -0.3 is 10.2 Å². The molecule has 1 fully saturated rings. The average Bonchev–Trinajstić information content (AvgIpc) is 3.82. The van der Waals surface area contributed by atoms with Crippen LogP contribution in [0.2, 0.25) is 0 Å². The zero-order chi connectivity index (χ0) is 30.1. The highest BCUT2D eigenvalue weighted by molar-refractivity contribution is 7.89. The Kier molecular flexibility index (Phi) is 11.0. The van der Waals surface area contributed by atoms with Crippen molar-refractivity contribution in [3.8, 4) is 0 Å². The molecule has 4 rings (SSSR count). The van der Waals surface area contributed by atoms with E-state index in [4.69, 9.17) is 4.84 Å². The molecule has 0 radical (unpaired) electrons. The van der Waals surface area contributed by atoms with Crippen molar-refractivity contribution in [1.29, 1.82) is 0 Å². The monoisotopic (exact) mass is 601 g/mol. The van der Waals surface area contributed by atoms with E-state index >= 15 is 8.78 Å². The van der Waals surface area contributed by atoms with Gasteiger partial charge in [0.15, 0.2) is 11.6 Å². The molecular formula is C30H37F2N5O4S. The molecule has 0 aliphatic heterocycles. The van der Waals surface area contributed by atoms with Crippen LogP contribution in [0.25, 0.3) is 0 Å². The zero-order valence-corrected chi connectivity index (χ0v) is 24.7. The molecule has 1 amide bonds. The minimum atomic E-state index is -4.61. The molecule has 1 heterocycles. The number of amides is 1. The molecule has 0 bridgehead atoms. The van der Waals surface area contributed by atoms with Gasteiger partial charge >= 0.3 is 0 Å². The maximum atomic E-state index is 15.7. The predicted molar refractivity (Wildman–Crippen MR) is 156 cm³/mol. The summed E-state index contributed by atoms with van der Waals surface area (Å²) in [5, 5.41) is 2.73. The summed E-state index contributed by atoms with van der Waals surface area (Å²) in [7, 11) is -4.61. The summed E-state index contributed by atoms with van der Waals surface area (Å²) in [5.41, 5.74) is 2.32. The molecule has 0 saturated heterocycles. The third-order valence-electron chi connectivity index (χ3n) is 7.12. The lowest BCUT2D eigenvalue weighted by Crippen LogP contribution is -2.35. The summed E-state index contributed by atoms with van der Waals surface area (Å²) in [6.45, 7) is 6.44. The number of pyridine rings is 1. The number of nitrogens with one attached hydrogen (secondary N) is 2. The maximum absolute atomic E-state index is 15.7. The molecule has 1 aromatic heterocycles. The van der Waals surface area contributed by atoms with Gasteiger partial charge in [0.25, 0.3) is 5.91 Å². The topological polar surface area (TPSA) is 104 Å². The van der Waals surface area contributed by atoms with E-state index in [1.54, 1.807) is 48.7 Å². The fourth-order valence-electron chi connectivity index (χ4n) is 4.45. The summed E-state index contributed by atoms with van der Waals surface area (Å²) in [5.74, 6) is -3.64. The molecule has 3 aromatic rings. The summed E-state index contributed by atoms with van der Waals surface area (Å²) >= 11 is 0. The Bertz CT molecular complexity index is 1440. The normalized spacial score (nSPS) is 13.5. The van der Waals surface area contributed by atoms with Crippen molar-refractivity contribution >= 4 is 27.3 Å². The first-order chi connectivity index (χ1) is 20.2. The number of aromatic nitrogens is 1. The third-order valence-corrected chi connectivity index (χ3v) is 8.96. The summed E-state index contributed by atoms with van der Waals surface area (Å²) < 4.78 is 60.5. The summed E-state index contributed by atoms with van der Waals surface area (Å²) in [4.78, 5) is 23.7. The lowest BCUT2D eigenvalue weighted by Gasteiger charge is -2.25. The quantitative estimate of drug-likeness (QED) is 0.220. The fourth-order valence-corrected chi connectivity index (χ4v) is 6.00. The van der Waals surface area contributed by atoms with Crippen molar-refractivity contribution in [2.75, 3.05) is 38.1 Å². The van der Waals surface area contributed by atoms with Crippen LogP contribution in [0.1, 0.15) is 49.0 Å². The van der Waals surface area contributed by atoms with Gasteiger partial charge in [0.2, 0.25) is 10.0 Å². The van der Waals surface area contributed by atoms with Crippen LogP contribution in [0, 0.1) is 17.6 Å². The predicted octanol–water partition coefficient (Wildman–Crippen LogP) is 5.10. The molecular weight excluding hydrogens is 564 g/mol. The molecule has 0 spiro atoms. The molecule has 0 unspecified atom stereocenters. The SMILES string of the molecule is CCN(CC)CCCN(Cc1cccnc1)S(=O)(=O)c1cc(C(=O)NOCC2CC2)c(Nc2ccccc2)c(F)c1F. The first-order valence-electron chi connectivity index (χ1n) is 14.1. The van der Waals surface area contributed by atoms with Crippen LogP contribution in [-0.4, -0.2) is 61.3 Å². The second-order valence-corrected chi connectivity index (χ2v) is 12.1. The molecule has 12 heteroatoms. The first kappa shape index (κ1) is 31.5. The Morgan fingerprint density at radius 1 is 1.05 bits per heavy atom. The lowest BCUT2D eigenvalue weighted by atomic mass is 10.1. The van der Waals surface area contributed by atoms with Gasteiger partial charge in [0.05, 0.1) is 17.9 Å². The average molecular weight is 602 g/mol. The van der Waals surface area contributed by atoms with E-state index in [2.05, 4.69) is 20.7 Å². The minimum Gasteiger partial charge on any atom is -0.352 e. The fraction of sp³-hybridized carbons (Fsp3) is 0.400. The molecule has 1 saturated carbocycles. The Labute approximate surface area is 245 Å². The summed E-state index contributed by atoms with van der Waals surface area (Å²) in [6, 6.07) is 12.6. The highest BCUT2D eigenvalue weighted by Crippen LogP contribution is 2.33. The smallest absolute Gasteiger partial charge is 0.277 e. The second-order valence-electron chi connectivity index (χ2n) is 10.2. The number of hydrogen-bond acceptors (Lipinski definition) is 7. The number of halogens is 2. The second kappa shape index (κ2) is 14.6. The minimum absolute atomic E-state index is 0.0465. The number of carbonyl (C=O) groups is 1. The van der Waals surface area contributed by atoms with Gasteiger partial charge in [0, 0.05) is 31.2 Å². The first-order valence-corrected chi connectivity index (χ1v) is 15.6. The number of hydroxylamine groups is 1. The van der Waals surface area contributed by atoms with Crippen LogP contribution < -0.4 is 10.8 Å². The van der Waals surface area contributed by atoms with Crippen LogP contribution in [0.15, 0.2) is 65.8 Å². The van der Waals surface area contributed by atoms with Gasteiger partial charge in [-0.1, -0.05) is 38.1 Å². The number of benzene rings is 2. The number of sulfonamides is 1. The van der Waals surface area contributed by atoms with Crippen LogP contribution in [0.5, 0.6) is 0 Å². The molecule has 1 aliphatic rings. The van der Waals surface area contributed by atoms with Crippen molar-refractivity contribution in [2.24, 2.45) is 5.92 Å². The van der Waals surface area contributed by atoms with Gasteiger partial charge in [0.1, 0.15) is 4.90 Å². The number of rotatable bonds is 16. The van der Waals surface area contributed by atoms with E-state index in [1.165, 1.54) is 6.20 Å². The van der Waals surface area contributed by atoms with E-state index < -0.39 is 43.7 Å². The Hall–Kier alpha value is -3.45. The van der Waals surface area contributed by atoms with Gasteiger partial charge in [-0.2, -0.15) is 4.31 Å². The van der Waals surface area contributed by atoms with Crippen molar-refractivity contribution in [3.05, 3.63) is 83.7 Å². The number of hydrogen-bond donors (Lipinski definition) is 2. The molecule has 2 aromatic carbocycles. The van der Waals surface area contributed by atoms with Crippen molar-refractivity contribution < 1.29 is 26.8 Å². The molecule has 42 heavy (non-hydrogen) atoms. The van der Waals surface area contributed by atoms with Gasteiger partial charge in [-0.15, -0.1) is 0 Å². The summed E-state index contributed by atoms with van der Waals surface area (Å²) in [6.07, 6.45) is 5.50. The van der Waals surface area contributed by atoms with E-state index in [0.29, 0.717) is 30.1 Å². The third kappa shape index (κ3) is 8.09. The van der Waals surface area contributed by atoms with Gasteiger partial charge in [-0.25, -0.2) is 22.7 Å². The number of carbonyl (C=O) groups excluding carboxylic acids is 1. The highest BCUT2D eigenvalue weighted by atomic mass is 32.2. The largest absolute Gasteiger partial charge is 0.352 e. The van der Waals surface area contributed by atoms with Crippen LogP contribution in [0.3, 0.4) is 0 Å². The molecule has 2 N–H and O–H groups in total. The van der Waals surface area contributed by atoms with Crippen LogP contribution >= 0.6 is 0 Å². The molecule has 0 atom stereocenters. The Morgan fingerprint density at radius 3 is 2.43 bits per heavy atom. The number of nitrogens with zero attached hydrogens (tertiary/aromatic N) is 3. The van der Waals surface area contributed by atoms with E-state index in [-0.39, 0.29) is 19.7 Å². The van der Waals surface area contributed by atoms with Crippen molar-refractivity contribution in [1.82, 2.24) is 19.7 Å². The lowest BCUT2D eigenvalue weighted by molar-refractivity contribution is 0.0270. The van der Waals surface area contributed by atoms with Crippen LogP contribution in [-0.2, 0) is 21.4 Å². The van der Waals surface area contributed by atoms with E-state index in [0.717, 1.165) is 36.3 Å². The van der Waals surface area contributed by atoms with E-state index in [9.17, 15) is 13.2 Å². The van der Waals surface area contributed by atoms with Gasteiger partial charge in [-0.3, -0.25) is 14.6 Å². The molecule has 226 valence electrons. The maximum Gasteiger partial charge on any atom is 0.277 e. The number of anilines is 2. The molecule has 1 aliphatic carbocycles. The highest BCUT2D eigenvalue weighted by Gasteiger charge is 2.33. The van der Waals surface area contributed by atoms with Crippen LogP contribution in [0.4, 0.5) is 20.2 Å². The van der Waals surface area contributed by atoms with E-state index in [1.807, 2.05) is 13.8 Å². The zero-order valence-electron chi connectivity index (χ0n) is 23.9. The standard InChI is InChI=1S/C30H37F2N5O4S/c1-3-36(4-2)16-9-17-37(20-23-10-8-15-33-19-23)42(39,40)26-18-25(30(38)35-41-21-22-13-14-22)29(28(32)27(26)31)34-24-11-6-5-7-12-24/h5-8,10-12,15,18-19,22,34H,3-4,9,13-14,16-17,20-21H2,1-2H3,(H,35,38).